The van der Waals surface area contributed by atoms with Crippen LogP contribution >= 0.6 is 0 Å². The molecule has 1 aromatic heterocycles. The van der Waals surface area contributed by atoms with Gasteiger partial charge in [-0.15, -0.1) is 0 Å². The molecule has 5 heteroatoms. The molecule has 18 heavy (non-hydrogen) atoms. The molecular formula is C13H18N2O3. The first-order valence-corrected chi connectivity index (χ1v) is 6.07. The summed E-state index contributed by atoms with van der Waals surface area (Å²) in [6.07, 6.45) is 0. The Balaban J connectivity index is 2.24. The van der Waals surface area contributed by atoms with Gasteiger partial charge < -0.3 is 14.7 Å². The molecule has 1 N–H and O–H groups in total. The standard InChI is InChI=1S/C13H18N2O3/c1-9-3-4-12(10(2)14-9)13(17)15-5-6-18-8-11(15)7-16/h3-4,11,16H,5-8H2,1-2H3. The Morgan fingerprint density at radius 2 is 2.33 bits per heavy atom. The van der Waals surface area contributed by atoms with Crippen LogP contribution in [0.2, 0.25) is 0 Å². The van der Waals surface area contributed by atoms with Gasteiger partial charge in [-0.3, -0.25) is 9.78 Å². The van der Waals surface area contributed by atoms with Crippen molar-refractivity contribution in [3.05, 3.63) is 29.1 Å². The quantitative estimate of drug-likeness (QED) is 0.831. The first-order valence-electron chi connectivity index (χ1n) is 6.07. The molecule has 5 nitrogen and oxygen atoms in total. The molecule has 1 aliphatic heterocycles. The van der Waals surface area contributed by atoms with Crippen molar-refractivity contribution in [1.29, 1.82) is 0 Å². The maximum Gasteiger partial charge on any atom is 0.256 e. The normalized spacial score (nSPS) is 19.9. The maximum absolute atomic E-state index is 12.4. The van der Waals surface area contributed by atoms with Crippen LogP contribution in [0, 0.1) is 13.8 Å². The minimum absolute atomic E-state index is 0.0793. The number of hydrogen-bond acceptors (Lipinski definition) is 4. The first-order chi connectivity index (χ1) is 8.63. The Morgan fingerprint density at radius 1 is 1.56 bits per heavy atom. The summed E-state index contributed by atoms with van der Waals surface area (Å²) in [5.74, 6) is -0.0812. The van der Waals surface area contributed by atoms with Gasteiger partial charge in [0.25, 0.3) is 5.91 Å². The third-order valence-electron chi connectivity index (χ3n) is 3.15. The summed E-state index contributed by atoms with van der Waals surface area (Å²) in [4.78, 5) is 18.4. The Hall–Kier alpha value is -1.46. The molecule has 2 heterocycles. The molecule has 1 unspecified atom stereocenters. The lowest BCUT2D eigenvalue weighted by Gasteiger charge is -2.34. The summed E-state index contributed by atoms with van der Waals surface area (Å²) < 4.78 is 5.27. The molecule has 1 fully saturated rings. The zero-order chi connectivity index (χ0) is 13.1. The zero-order valence-corrected chi connectivity index (χ0v) is 10.7. The fourth-order valence-electron chi connectivity index (χ4n) is 2.14. The minimum atomic E-state index is -0.257. The molecule has 0 radical (unpaired) electrons. The van der Waals surface area contributed by atoms with Crippen LogP contribution < -0.4 is 0 Å². The van der Waals surface area contributed by atoms with Gasteiger partial charge in [0.1, 0.15) is 0 Å². The Kier molecular flexibility index (Phi) is 3.93. The van der Waals surface area contributed by atoms with E-state index in [9.17, 15) is 9.90 Å². The van der Waals surface area contributed by atoms with Gasteiger partial charge >= 0.3 is 0 Å². The monoisotopic (exact) mass is 250 g/mol. The molecule has 1 atom stereocenters. The van der Waals surface area contributed by atoms with Crippen LogP contribution in [0.4, 0.5) is 0 Å². The van der Waals surface area contributed by atoms with E-state index in [0.29, 0.717) is 25.3 Å². The number of carbonyl (C=O) groups is 1. The highest BCUT2D eigenvalue weighted by Crippen LogP contribution is 2.14. The second-order valence-corrected chi connectivity index (χ2v) is 4.50. The van der Waals surface area contributed by atoms with Crippen LogP contribution in [0.15, 0.2) is 12.1 Å². The molecule has 98 valence electrons. The number of amides is 1. The fourth-order valence-corrected chi connectivity index (χ4v) is 2.14. The van der Waals surface area contributed by atoms with E-state index >= 15 is 0 Å². The van der Waals surface area contributed by atoms with Crippen LogP contribution in [-0.4, -0.2) is 53.3 Å². The Bertz CT molecular complexity index is 448. The van der Waals surface area contributed by atoms with Gasteiger partial charge in [-0.2, -0.15) is 0 Å². The van der Waals surface area contributed by atoms with Crippen LogP contribution in [0.3, 0.4) is 0 Å². The predicted molar refractivity (Wildman–Crippen MR) is 66.4 cm³/mol. The highest BCUT2D eigenvalue weighted by Gasteiger charge is 2.28. The third kappa shape index (κ3) is 2.52. The van der Waals surface area contributed by atoms with E-state index in [1.54, 1.807) is 11.0 Å². The van der Waals surface area contributed by atoms with Crippen molar-refractivity contribution < 1.29 is 14.6 Å². The highest BCUT2D eigenvalue weighted by atomic mass is 16.5. The number of aliphatic hydroxyl groups is 1. The molecule has 1 saturated heterocycles. The van der Waals surface area contributed by atoms with E-state index in [0.717, 1.165) is 11.4 Å². The average molecular weight is 250 g/mol. The Morgan fingerprint density at radius 3 is 3.00 bits per heavy atom. The molecule has 0 aromatic carbocycles. The van der Waals surface area contributed by atoms with Crippen LogP contribution in [0.5, 0.6) is 0 Å². The van der Waals surface area contributed by atoms with Crippen molar-refractivity contribution >= 4 is 5.91 Å². The first kappa shape index (κ1) is 13.0. The van der Waals surface area contributed by atoms with Crippen molar-refractivity contribution in [2.45, 2.75) is 19.9 Å². The molecule has 1 aromatic rings. The van der Waals surface area contributed by atoms with E-state index in [-0.39, 0.29) is 18.6 Å². The fraction of sp³-hybridized carbons (Fsp3) is 0.538. The van der Waals surface area contributed by atoms with Crippen molar-refractivity contribution in [2.75, 3.05) is 26.4 Å². The number of pyridine rings is 1. The van der Waals surface area contributed by atoms with E-state index in [1.165, 1.54) is 0 Å². The molecule has 0 bridgehead atoms. The zero-order valence-electron chi connectivity index (χ0n) is 10.7. The predicted octanol–water partition coefficient (Wildman–Crippen LogP) is 0.532. The summed E-state index contributed by atoms with van der Waals surface area (Å²) >= 11 is 0. The van der Waals surface area contributed by atoms with Crippen molar-refractivity contribution in [3.8, 4) is 0 Å². The number of carbonyl (C=O) groups excluding carboxylic acids is 1. The summed E-state index contributed by atoms with van der Waals surface area (Å²) in [6.45, 7) is 5.06. The van der Waals surface area contributed by atoms with Crippen molar-refractivity contribution in [2.24, 2.45) is 0 Å². The number of nitrogens with zero attached hydrogens (tertiary/aromatic N) is 2. The minimum Gasteiger partial charge on any atom is -0.394 e. The van der Waals surface area contributed by atoms with E-state index in [1.807, 2.05) is 19.9 Å². The van der Waals surface area contributed by atoms with E-state index in [2.05, 4.69) is 4.98 Å². The largest absolute Gasteiger partial charge is 0.394 e. The number of ether oxygens (including phenoxy) is 1. The lowest BCUT2D eigenvalue weighted by molar-refractivity contribution is -0.0184. The van der Waals surface area contributed by atoms with Gasteiger partial charge in [-0.25, -0.2) is 0 Å². The molecule has 2 rings (SSSR count). The molecular weight excluding hydrogens is 232 g/mol. The van der Waals surface area contributed by atoms with Gasteiger partial charge in [-0.05, 0) is 26.0 Å². The lowest BCUT2D eigenvalue weighted by Crippen LogP contribution is -2.50. The molecule has 0 aliphatic carbocycles. The van der Waals surface area contributed by atoms with Crippen molar-refractivity contribution in [3.63, 3.8) is 0 Å². The number of hydrogen-bond donors (Lipinski definition) is 1. The average Bonchev–Trinajstić information content (AvgIpc) is 2.38. The van der Waals surface area contributed by atoms with Gasteiger partial charge in [0.15, 0.2) is 0 Å². The summed E-state index contributed by atoms with van der Waals surface area (Å²) in [5, 5.41) is 9.28. The number of aliphatic hydroxyl groups excluding tert-OH is 1. The van der Waals surface area contributed by atoms with E-state index in [4.69, 9.17) is 4.74 Å². The summed E-state index contributed by atoms with van der Waals surface area (Å²) in [5.41, 5.74) is 2.22. The number of aromatic nitrogens is 1. The van der Waals surface area contributed by atoms with Gasteiger partial charge in [-0.1, -0.05) is 0 Å². The van der Waals surface area contributed by atoms with Crippen molar-refractivity contribution in [1.82, 2.24) is 9.88 Å². The van der Waals surface area contributed by atoms with Crippen LogP contribution in [0.25, 0.3) is 0 Å². The van der Waals surface area contributed by atoms with Gasteiger partial charge in [0.2, 0.25) is 0 Å². The topological polar surface area (TPSA) is 62.7 Å². The summed E-state index contributed by atoms with van der Waals surface area (Å²) in [6, 6.07) is 3.37. The molecule has 1 aliphatic rings. The third-order valence-corrected chi connectivity index (χ3v) is 3.15. The van der Waals surface area contributed by atoms with E-state index < -0.39 is 0 Å². The van der Waals surface area contributed by atoms with Gasteiger partial charge in [0.05, 0.1) is 37.1 Å². The maximum atomic E-state index is 12.4. The lowest BCUT2D eigenvalue weighted by atomic mass is 10.1. The number of rotatable bonds is 2. The SMILES string of the molecule is Cc1ccc(C(=O)N2CCOCC2CO)c(C)n1. The summed E-state index contributed by atoms with van der Waals surface area (Å²) in [7, 11) is 0. The molecule has 1 amide bonds. The number of aryl methyl sites for hydroxylation is 2. The number of morpholine rings is 1. The smallest absolute Gasteiger partial charge is 0.256 e. The van der Waals surface area contributed by atoms with Crippen LogP contribution in [0.1, 0.15) is 21.7 Å². The van der Waals surface area contributed by atoms with Gasteiger partial charge in [0, 0.05) is 12.2 Å². The van der Waals surface area contributed by atoms with Crippen LogP contribution in [-0.2, 0) is 4.74 Å². The second-order valence-electron chi connectivity index (χ2n) is 4.50. The Labute approximate surface area is 106 Å². The second kappa shape index (κ2) is 5.46. The molecule has 0 saturated carbocycles. The molecule has 0 spiro atoms. The highest BCUT2D eigenvalue weighted by molar-refractivity contribution is 5.95.